The standard InChI is InChI=1S/C26H42O4S4Si2/c1-27-35(28-2,25-17-9-5-10-18-25)23-15-7-13-21-31-33-34-32-22-14-8-16-24-36(29-3,30-4)26-19-11-6-12-20-26/h5-6,9-12,17-20H,7-8,13-16,21-24H2,1-4H3. The van der Waals surface area contributed by atoms with E-state index in [1.165, 1.54) is 47.6 Å². The van der Waals surface area contributed by atoms with E-state index in [1.54, 1.807) is 28.4 Å². The summed E-state index contributed by atoms with van der Waals surface area (Å²) in [6.45, 7) is 0. The van der Waals surface area contributed by atoms with Crippen molar-refractivity contribution in [1.29, 1.82) is 0 Å². The molecule has 0 radical (unpaired) electrons. The molecule has 0 aromatic heterocycles. The van der Waals surface area contributed by atoms with Crippen LogP contribution in [0.1, 0.15) is 38.5 Å². The third kappa shape index (κ3) is 10.7. The van der Waals surface area contributed by atoms with Crippen LogP contribution < -0.4 is 10.4 Å². The Kier molecular flexibility index (Phi) is 17.3. The predicted molar refractivity (Wildman–Crippen MR) is 169 cm³/mol. The van der Waals surface area contributed by atoms with Crippen molar-refractivity contribution in [2.24, 2.45) is 0 Å². The summed E-state index contributed by atoms with van der Waals surface area (Å²) in [5.74, 6) is 2.39. The van der Waals surface area contributed by atoms with E-state index in [2.05, 4.69) is 48.5 Å². The average molecular weight is 603 g/mol. The Labute approximate surface area is 236 Å². The van der Waals surface area contributed by atoms with Gasteiger partial charge < -0.3 is 17.7 Å². The zero-order valence-corrected chi connectivity index (χ0v) is 27.4. The lowest BCUT2D eigenvalue weighted by atomic mass is 10.3. The van der Waals surface area contributed by atoms with Gasteiger partial charge in [-0.15, -0.1) is 0 Å². The van der Waals surface area contributed by atoms with Gasteiger partial charge in [0.2, 0.25) is 0 Å². The van der Waals surface area contributed by atoms with Crippen molar-refractivity contribution in [2.75, 3.05) is 39.9 Å². The van der Waals surface area contributed by atoms with Gasteiger partial charge in [-0.1, -0.05) is 108 Å². The Balaban J connectivity index is 1.47. The molecule has 0 bridgehead atoms. The molecule has 0 spiro atoms. The van der Waals surface area contributed by atoms with E-state index < -0.39 is 17.1 Å². The van der Waals surface area contributed by atoms with Crippen LogP contribution in [0, 0.1) is 0 Å². The minimum absolute atomic E-state index is 1.01. The first-order valence-electron chi connectivity index (χ1n) is 12.6. The quantitative estimate of drug-likeness (QED) is 0.0838. The second-order valence-corrected chi connectivity index (χ2v) is 21.5. The summed E-state index contributed by atoms with van der Waals surface area (Å²) in [5.41, 5.74) is 0. The van der Waals surface area contributed by atoms with Gasteiger partial charge in [-0.2, -0.15) is 0 Å². The van der Waals surface area contributed by atoms with Gasteiger partial charge in [0.15, 0.2) is 0 Å². The third-order valence-corrected chi connectivity index (χ3v) is 20.1. The molecule has 2 aromatic carbocycles. The van der Waals surface area contributed by atoms with Crippen molar-refractivity contribution in [1.82, 2.24) is 0 Å². The zero-order chi connectivity index (χ0) is 26.0. The highest BCUT2D eigenvalue weighted by Gasteiger charge is 2.38. The normalized spacial score (nSPS) is 12.2. The maximum atomic E-state index is 5.92. The summed E-state index contributed by atoms with van der Waals surface area (Å²) >= 11 is 0. The van der Waals surface area contributed by atoms with Crippen LogP contribution in [-0.4, -0.2) is 57.1 Å². The van der Waals surface area contributed by atoms with Gasteiger partial charge in [0.1, 0.15) is 0 Å². The van der Waals surface area contributed by atoms with Gasteiger partial charge in [-0.05, 0) is 55.0 Å². The van der Waals surface area contributed by atoms with Crippen LogP contribution in [0.5, 0.6) is 0 Å². The summed E-state index contributed by atoms with van der Waals surface area (Å²) in [6, 6.07) is 22.9. The van der Waals surface area contributed by atoms with Gasteiger partial charge in [-0.25, -0.2) is 0 Å². The lowest BCUT2D eigenvalue weighted by Gasteiger charge is -2.27. The van der Waals surface area contributed by atoms with Crippen molar-refractivity contribution in [3.63, 3.8) is 0 Å². The maximum Gasteiger partial charge on any atom is 0.371 e. The molecule has 0 aliphatic rings. The Hall–Kier alpha value is 0.114. The topological polar surface area (TPSA) is 36.9 Å². The monoisotopic (exact) mass is 602 g/mol. The van der Waals surface area contributed by atoms with Gasteiger partial charge in [0.05, 0.1) is 0 Å². The van der Waals surface area contributed by atoms with Crippen LogP contribution >= 0.6 is 41.2 Å². The maximum absolute atomic E-state index is 5.92. The number of unbranched alkanes of at least 4 members (excludes halogenated alkanes) is 4. The molecule has 0 heterocycles. The van der Waals surface area contributed by atoms with E-state index >= 15 is 0 Å². The minimum Gasteiger partial charge on any atom is -0.394 e. The SMILES string of the molecule is CO[Si](CCCCCSSSSCCCCC[Si](OC)(OC)c1ccccc1)(OC)c1ccccc1. The molecular weight excluding hydrogens is 561 g/mol. The van der Waals surface area contributed by atoms with Crippen LogP contribution in [-0.2, 0) is 17.7 Å². The number of benzene rings is 2. The van der Waals surface area contributed by atoms with E-state index in [-0.39, 0.29) is 0 Å². The van der Waals surface area contributed by atoms with E-state index in [4.69, 9.17) is 17.7 Å². The molecule has 0 atom stereocenters. The van der Waals surface area contributed by atoms with Crippen LogP contribution in [0.4, 0.5) is 0 Å². The van der Waals surface area contributed by atoms with Gasteiger partial charge in [0, 0.05) is 39.9 Å². The summed E-state index contributed by atoms with van der Waals surface area (Å²) in [4.78, 5) is 0. The van der Waals surface area contributed by atoms with E-state index in [0.29, 0.717) is 0 Å². The van der Waals surface area contributed by atoms with Crippen molar-refractivity contribution < 1.29 is 17.7 Å². The molecule has 0 amide bonds. The summed E-state index contributed by atoms with van der Waals surface area (Å²) in [5, 5.41) is 2.45. The highest BCUT2D eigenvalue weighted by atomic mass is 33.7. The largest absolute Gasteiger partial charge is 0.394 e. The van der Waals surface area contributed by atoms with Crippen molar-refractivity contribution >= 4 is 68.7 Å². The van der Waals surface area contributed by atoms with Gasteiger partial charge in [-0.3, -0.25) is 0 Å². The first kappa shape index (κ1) is 32.3. The fourth-order valence-electron chi connectivity index (χ4n) is 4.22. The number of hydrogen-bond donors (Lipinski definition) is 0. The molecule has 2 rings (SSSR count). The fourth-order valence-corrected chi connectivity index (χ4v) is 16.0. The highest BCUT2D eigenvalue weighted by Crippen LogP contribution is 2.43. The smallest absolute Gasteiger partial charge is 0.371 e. The molecule has 0 saturated heterocycles. The highest BCUT2D eigenvalue weighted by molar-refractivity contribution is 9.26. The van der Waals surface area contributed by atoms with Crippen LogP contribution in [0.25, 0.3) is 0 Å². The molecule has 36 heavy (non-hydrogen) atoms. The first-order valence-corrected chi connectivity index (χ1v) is 21.8. The minimum atomic E-state index is -2.28. The molecule has 0 aliphatic carbocycles. The fraction of sp³-hybridized carbons (Fsp3) is 0.538. The lowest BCUT2D eigenvalue weighted by Crippen LogP contribution is -2.52. The van der Waals surface area contributed by atoms with Gasteiger partial charge >= 0.3 is 17.1 Å². The number of rotatable bonds is 21. The summed E-state index contributed by atoms with van der Waals surface area (Å²) in [7, 11) is 10.4. The summed E-state index contributed by atoms with van der Waals surface area (Å²) < 4.78 is 23.7. The Morgan fingerprint density at radius 2 is 0.861 bits per heavy atom. The van der Waals surface area contributed by atoms with Crippen molar-refractivity contribution in [2.45, 2.75) is 50.6 Å². The van der Waals surface area contributed by atoms with Crippen LogP contribution in [0.15, 0.2) is 60.7 Å². The lowest BCUT2D eigenvalue weighted by molar-refractivity contribution is 0.255. The van der Waals surface area contributed by atoms with E-state index in [9.17, 15) is 0 Å². The molecule has 0 fully saturated rings. The molecule has 4 nitrogen and oxygen atoms in total. The molecule has 0 unspecified atom stereocenters. The number of hydrogen-bond acceptors (Lipinski definition) is 8. The zero-order valence-electron chi connectivity index (χ0n) is 22.1. The molecular formula is C26H42O4S4Si2. The van der Waals surface area contributed by atoms with E-state index in [0.717, 1.165) is 24.9 Å². The third-order valence-electron chi connectivity index (χ3n) is 6.34. The van der Waals surface area contributed by atoms with Crippen molar-refractivity contribution in [3.05, 3.63) is 60.7 Å². The Morgan fingerprint density at radius 3 is 1.19 bits per heavy atom. The Morgan fingerprint density at radius 1 is 0.500 bits per heavy atom. The molecule has 10 heteroatoms. The average Bonchev–Trinajstić information content (AvgIpc) is 2.94. The van der Waals surface area contributed by atoms with Crippen LogP contribution in [0.3, 0.4) is 0 Å². The Bertz CT molecular complexity index is 730. The molecule has 202 valence electrons. The summed E-state index contributed by atoms with van der Waals surface area (Å²) in [6.07, 6.45) is 7.21. The van der Waals surface area contributed by atoms with Crippen LogP contribution in [0.2, 0.25) is 12.1 Å². The van der Waals surface area contributed by atoms with Crippen molar-refractivity contribution in [3.8, 4) is 0 Å². The first-order chi connectivity index (χ1) is 17.7. The molecule has 2 aromatic rings. The molecule has 0 N–H and O–H groups in total. The predicted octanol–water partition coefficient (Wildman–Crippen LogP) is 7.29. The molecule has 0 saturated carbocycles. The second kappa shape index (κ2) is 19.2. The second-order valence-electron chi connectivity index (χ2n) is 8.46. The van der Waals surface area contributed by atoms with Gasteiger partial charge in [0.25, 0.3) is 0 Å². The molecule has 0 aliphatic heterocycles. The van der Waals surface area contributed by atoms with E-state index in [1.807, 2.05) is 53.4 Å².